The van der Waals surface area contributed by atoms with Crippen molar-refractivity contribution in [2.75, 3.05) is 6.54 Å². The number of carbonyl (C=O) groups excluding carboxylic acids is 1. The summed E-state index contributed by atoms with van der Waals surface area (Å²) in [6.07, 6.45) is 3.50. The molecule has 3 nitrogen and oxygen atoms in total. The van der Waals surface area contributed by atoms with Crippen LogP contribution in [-0.2, 0) is 11.4 Å². The summed E-state index contributed by atoms with van der Waals surface area (Å²) in [5, 5.41) is 0. The number of carbonyl (C=O) groups is 1. The van der Waals surface area contributed by atoms with Crippen LogP contribution in [0.5, 0.6) is 5.75 Å². The first-order valence-electron chi connectivity index (χ1n) is 8.32. The van der Waals surface area contributed by atoms with Crippen molar-refractivity contribution < 1.29 is 9.53 Å². The third kappa shape index (κ3) is 4.89. The Bertz CT molecular complexity index is 940. The van der Waals surface area contributed by atoms with Crippen molar-refractivity contribution in [3.63, 3.8) is 0 Å². The van der Waals surface area contributed by atoms with Gasteiger partial charge in [-0.05, 0) is 36.8 Å². The van der Waals surface area contributed by atoms with Crippen LogP contribution in [0.15, 0.2) is 64.5 Å². The lowest BCUT2D eigenvalue weighted by Gasteiger charge is -2.11. The maximum Gasteiger partial charge on any atom is 0.266 e. The molecule has 27 heavy (non-hydrogen) atoms. The molecule has 0 unspecified atom stereocenters. The lowest BCUT2D eigenvalue weighted by molar-refractivity contribution is -0.121. The molecule has 2 aromatic carbocycles. The van der Waals surface area contributed by atoms with Gasteiger partial charge in [-0.1, -0.05) is 75.8 Å². The van der Waals surface area contributed by atoms with Crippen molar-refractivity contribution in [3.05, 3.63) is 81.2 Å². The van der Waals surface area contributed by atoms with Gasteiger partial charge in [0, 0.05) is 16.6 Å². The first-order valence-corrected chi connectivity index (χ1v) is 10.3. The van der Waals surface area contributed by atoms with E-state index in [2.05, 4.69) is 41.6 Å². The zero-order valence-electron chi connectivity index (χ0n) is 14.8. The van der Waals surface area contributed by atoms with E-state index in [1.807, 2.05) is 36.4 Å². The van der Waals surface area contributed by atoms with Gasteiger partial charge in [0.05, 0.1) is 4.91 Å². The Balaban J connectivity index is 1.85. The molecule has 1 saturated heterocycles. The standard InChI is InChI=1S/C21H18BrNO2S2/c1-3-9-23-20(24)19(27-21(23)26)12-16-11-17(22)7-8-18(16)25-13-15-6-4-5-14(2)10-15/h3-8,10-12H,1,9,13H2,2H3. The first kappa shape index (κ1) is 19.9. The number of nitrogens with zero attached hydrogens (tertiary/aromatic N) is 1. The number of benzene rings is 2. The quantitative estimate of drug-likeness (QED) is 0.313. The Morgan fingerprint density at radius 3 is 2.85 bits per heavy atom. The maximum atomic E-state index is 12.6. The molecule has 0 aromatic heterocycles. The van der Waals surface area contributed by atoms with Crippen LogP contribution in [0.3, 0.4) is 0 Å². The second kappa shape index (κ2) is 8.87. The van der Waals surface area contributed by atoms with Gasteiger partial charge in [-0.2, -0.15) is 0 Å². The van der Waals surface area contributed by atoms with Crippen LogP contribution < -0.4 is 4.74 Å². The van der Waals surface area contributed by atoms with Gasteiger partial charge >= 0.3 is 0 Å². The maximum absolute atomic E-state index is 12.6. The lowest BCUT2D eigenvalue weighted by Crippen LogP contribution is -2.27. The Morgan fingerprint density at radius 2 is 2.11 bits per heavy atom. The molecule has 0 saturated carbocycles. The van der Waals surface area contributed by atoms with E-state index in [1.54, 1.807) is 11.0 Å². The fourth-order valence-corrected chi connectivity index (χ4v) is 4.30. The predicted octanol–water partition coefficient (Wildman–Crippen LogP) is 5.72. The minimum Gasteiger partial charge on any atom is -0.488 e. The van der Waals surface area contributed by atoms with Crippen LogP contribution >= 0.6 is 39.9 Å². The molecule has 0 N–H and O–H groups in total. The molecule has 0 bridgehead atoms. The molecule has 2 aromatic rings. The number of hydrogen-bond acceptors (Lipinski definition) is 4. The SMILES string of the molecule is C=CCN1C(=O)C(=Cc2cc(Br)ccc2OCc2cccc(C)c2)SC1=S. The Morgan fingerprint density at radius 1 is 1.30 bits per heavy atom. The third-order valence-electron chi connectivity index (χ3n) is 3.92. The van der Waals surface area contributed by atoms with E-state index in [1.165, 1.54) is 17.3 Å². The molecule has 1 aliphatic heterocycles. The summed E-state index contributed by atoms with van der Waals surface area (Å²) >= 11 is 10.1. The zero-order valence-corrected chi connectivity index (χ0v) is 18.0. The highest BCUT2D eigenvalue weighted by molar-refractivity contribution is 9.10. The van der Waals surface area contributed by atoms with E-state index in [4.69, 9.17) is 17.0 Å². The Labute approximate surface area is 177 Å². The first-order chi connectivity index (χ1) is 13.0. The molecule has 0 atom stereocenters. The normalized spacial score (nSPS) is 15.5. The lowest BCUT2D eigenvalue weighted by atomic mass is 10.1. The van der Waals surface area contributed by atoms with Crippen LogP contribution in [0.25, 0.3) is 6.08 Å². The molecule has 1 fully saturated rings. The highest BCUT2D eigenvalue weighted by Crippen LogP contribution is 2.35. The summed E-state index contributed by atoms with van der Waals surface area (Å²) in [5.41, 5.74) is 3.12. The van der Waals surface area contributed by atoms with E-state index in [0.29, 0.717) is 28.1 Å². The number of rotatable bonds is 6. The van der Waals surface area contributed by atoms with E-state index >= 15 is 0 Å². The van der Waals surface area contributed by atoms with Crippen molar-refractivity contribution in [1.29, 1.82) is 0 Å². The minimum atomic E-state index is -0.102. The van der Waals surface area contributed by atoms with Crippen LogP contribution in [0.1, 0.15) is 16.7 Å². The molecule has 138 valence electrons. The van der Waals surface area contributed by atoms with Crippen LogP contribution in [-0.4, -0.2) is 21.7 Å². The van der Waals surface area contributed by atoms with Crippen LogP contribution in [0, 0.1) is 6.92 Å². The molecule has 6 heteroatoms. The van der Waals surface area contributed by atoms with Crippen molar-refractivity contribution in [3.8, 4) is 5.75 Å². The summed E-state index contributed by atoms with van der Waals surface area (Å²) < 4.78 is 7.49. The van der Waals surface area contributed by atoms with Gasteiger partial charge in [-0.3, -0.25) is 9.69 Å². The van der Waals surface area contributed by atoms with Gasteiger partial charge < -0.3 is 4.74 Å². The molecule has 1 aliphatic rings. The highest BCUT2D eigenvalue weighted by atomic mass is 79.9. The fourth-order valence-electron chi connectivity index (χ4n) is 2.65. The van der Waals surface area contributed by atoms with Crippen molar-refractivity contribution in [1.82, 2.24) is 4.90 Å². The van der Waals surface area contributed by atoms with Gasteiger partial charge in [0.25, 0.3) is 5.91 Å². The molecule has 1 heterocycles. The summed E-state index contributed by atoms with van der Waals surface area (Å²) in [4.78, 5) is 14.7. The number of aryl methyl sites for hydroxylation is 1. The molecular formula is C21H18BrNO2S2. The largest absolute Gasteiger partial charge is 0.488 e. The second-order valence-corrected chi connectivity index (χ2v) is 8.63. The van der Waals surface area contributed by atoms with Crippen molar-refractivity contribution >= 4 is 56.2 Å². The zero-order chi connectivity index (χ0) is 19.4. The molecule has 0 spiro atoms. The number of thiocarbonyl (C=S) groups is 1. The molecular weight excluding hydrogens is 442 g/mol. The minimum absolute atomic E-state index is 0.102. The molecule has 3 rings (SSSR count). The fraction of sp³-hybridized carbons (Fsp3) is 0.143. The van der Waals surface area contributed by atoms with Crippen LogP contribution in [0.4, 0.5) is 0 Å². The van der Waals surface area contributed by atoms with E-state index < -0.39 is 0 Å². The highest BCUT2D eigenvalue weighted by Gasteiger charge is 2.31. The number of ether oxygens (including phenoxy) is 1. The van der Waals surface area contributed by atoms with E-state index in [-0.39, 0.29) is 5.91 Å². The van der Waals surface area contributed by atoms with Gasteiger partial charge in [-0.25, -0.2) is 0 Å². The average molecular weight is 460 g/mol. The molecule has 0 radical (unpaired) electrons. The van der Waals surface area contributed by atoms with Gasteiger partial charge in [0.15, 0.2) is 0 Å². The molecule has 0 aliphatic carbocycles. The summed E-state index contributed by atoms with van der Waals surface area (Å²) in [6.45, 7) is 6.61. The third-order valence-corrected chi connectivity index (χ3v) is 5.79. The van der Waals surface area contributed by atoms with Gasteiger partial charge in [0.2, 0.25) is 0 Å². The summed E-state index contributed by atoms with van der Waals surface area (Å²) in [5.74, 6) is 0.614. The summed E-state index contributed by atoms with van der Waals surface area (Å²) in [7, 11) is 0. The number of halogens is 1. The number of thioether (sulfide) groups is 1. The van der Waals surface area contributed by atoms with E-state index in [9.17, 15) is 4.79 Å². The van der Waals surface area contributed by atoms with E-state index in [0.717, 1.165) is 15.6 Å². The van der Waals surface area contributed by atoms with Crippen molar-refractivity contribution in [2.45, 2.75) is 13.5 Å². The van der Waals surface area contributed by atoms with Gasteiger partial charge in [-0.15, -0.1) is 6.58 Å². The second-order valence-electron chi connectivity index (χ2n) is 6.04. The smallest absolute Gasteiger partial charge is 0.266 e. The van der Waals surface area contributed by atoms with Crippen LogP contribution in [0.2, 0.25) is 0 Å². The monoisotopic (exact) mass is 459 g/mol. The predicted molar refractivity (Wildman–Crippen MR) is 120 cm³/mol. The van der Waals surface area contributed by atoms with Crippen molar-refractivity contribution in [2.24, 2.45) is 0 Å². The number of hydrogen-bond donors (Lipinski definition) is 0. The molecule has 1 amide bonds. The summed E-state index contributed by atoms with van der Waals surface area (Å²) in [6, 6.07) is 14.0. The van der Waals surface area contributed by atoms with Gasteiger partial charge in [0.1, 0.15) is 16.7 Å². The average Bonchev–Trinajstić information content (AvgIpc) is 2.89. The Kier molecular flexibility index (Phi) is 6.52. The topological polar surface area (TPSA) is 29.5 Å². The Hall–Kier alpha value is -1.89. The number of amides is 1.